The average Bonchev–Trinajstić information content (AvgIpc) is 2.47. The highest BCUT2D eigenvalue weighted by atomic mass is 35.5. The highest BCUT2D eigenvalue weighted by Gasteiger charge is 2.32. The smallest absolute Gasteiger partial charge is 0.488 e. The lowest BCUT2D eigenvalue weighted by atomic mass is 10.1. The Kier molecular flexibility index (Phi) is 7.48. The van der Waals surface area contributed by atoms with Crippen LogP contribution in [0.4, 0.5) is 13.2 Å². The first-order valence-electron chi connectivity index (χ1n) is 6.48. The number of ether oxygens (including phenoxy) is 2. The number of hydrogen-bond donors (Lipinski definition) is 1. The van der Waals surface area contributed by atoms with Gasteiger partial charge < -0.3 is 15.2 Å². The van der Waals surface area contributed by atoms with Gasteiger partial charge in [-0.2, -0.15) is 0 Å². The lowest BCUT2D eigenvalue weighted by molar-refractivity contribution is -0.275. The summed E-state index contributed by atoms with van der Waals surface area (Å²) >= 11 is 12.0. The molecule has 0 unspecified atom stereocenters. The van der Waals surface area contributed by atoms with Crippen molar-refractivity contribution in [3.63, 3.8) is 0 Å². The fourth-order valence-electron chi connectivity index (χ4n) is 1.89. The second-order valence-electron chi connectivity index (χ2n) is 4.47. The number of rotatable bonds is 5. The van der Waals surface area contributed by atoms with Crippen LogP contribution in [0.1, 0.15) is 0 Å². The van der Waals surface area contributed by atoms with E-state index in [2.05, 4.69) is 4.74 Å². The van der Waals surface area contributed by atoms with Crippen molar-refractivity contribution in [1.29, 1.82) is 0 Å². The van der Waals surface area contributed by atoms with Crippen molar-refractivity contribution in [3.8, 4) is 22.6 Å². The summed E-state index contributed by atoms with van der Waals surface area (Å²) in [5.41, 5.74) is 6.19. The summed E-state index contributed by atoms with van der Waals surface area (Å²) in [6, 6.07) is 8.81. The Morgan fingerprint density at radius 3 is 2.33 bits per heavy atom. The molecule has 3 nitrogen and oxygen atoms in total. The monoisotopic (exact) mass is 401 g/mol. The zero-order chi connectivity index (χ0) is 17.0. The number of halogens is 6. The molecule has 0 saturated heterocycles. The Labute approximate surface area is 152 Å². The summed E-state index contributed by atoms with van der Waals surface area (Å²) in [5.74, 6) is -0.533. The van der Waals surface area contributed by atoms with Gasteiger partial charge in [0, 0.05) is 22.2 Å². The van der Waals surface area contributed by atoms with E-state index in [1.165, 1.54) is 12.1 Å². The molecule has 2 aromatic carbocycles. The maximum atomic E-state index is 12.6. The van der Waals surface area contributed by atoms with Crippen molar-refractivity contribution in [2.24, 2.45) is 5.73 Å². The maximum absolute atomic E-state index is 12.6. The SMILES string of the molecule is Cl.NCCOc1ccc(-c2cc(Cl)ccc2Cl)cc1OC(F)(F)F. The molecular formula is C15H13Cl3F3NO2. The Morgan fingerprint density at radius 2 is 1.71 bits per heavy atom. The molecule has 0 saturated carbocycles. The Morgan fingerprint density at radius 1 is 1.00 bits per heavy atom. The van der Waals surface area contributed by atoms with Crippen LogP contribution in [0.3, 0.4) is 0 Å². The van der Waals surface area contributed by atoms with Crippen LogP contribution in [0, 0.1) is 0 Å². The number of benzene rings is 2. The van der Waals surface area contributed by atoms with E-state index in [1.54, 1.807) is 24.3 Å². The van der Waals surface area contributed by atoms with Gasteiger partial charge >= 0.3 is 6.36 Å². The van der Waals surface area contributed by atoms with Gasteiger partial charge in [0.25, 0.3) is 0 Å². The van der Waals surface area contributed by atoms with Crippen molar-refractivity contribution in [1.82, 2.24) is 0 Å². The van der Waals surface area contributed by atoms with Crippen LogP contribution in [0.25, 0.3) is 11.1 Å². The van der Waals surface area contributed by atoms with Crippen LogP contribution >= 0.6 is 35.6 Å². The van der Waals surface area contributed by atoms with E-state index in [0.717, 1.165) is 0 Å². The minimum Gasteiger partial charge on any atom is -0.488 e. The minimum absolute atomic E-state index is 0. The second kappa shape index (κ2) is 8.67. The van der Waals surface area contributed by atoms with E-state index in [1.807, 2.05) is 0 Å². The fourth-order valence-corrected chi connectivity index (χ4v) is 2.29. The van der Waals surface area contributed by atoms with Gasteiger partial charge in [-0.15, -0.1) is 25.6 Å². The van der Waals surface area contributed by atoms with Gasteiger partial charge in [-0.1, -0.05) is 29.3 Å². The second-order valence-corrected chi connectivity index (χ2v) is 5.31. The average molecular weight is 403 g/mol. The molecule has 0 atom stereocenters. The predicted octanol–water partition coefficient (Wildman–Crippen LogP) is 5.32. The lowest BCUT2D eigenvalue weighted by Crippen LogP contribution is -2.18. The molecule has 0 bridgehead atoms. The van der Waals surface area contributed by atoms with Crippen LogP contribution in [0.5, 0.6) is 11.5 Å². The van der Waals surface area contributed by atoms with Gasteiger partial charge in [0.15, 0.2) is 11.5 Å². The van der Waals surface area contributed by atoms with E-state index < -0.39 is 12.1 Å². The van der Waals surface area contributed by atoms with E-state index in [9.17, 15) is 13.2 Å². The quantitative estimate of drug-likeness (QED) is 0.736. The lowest BCUT2D eigenvalue weighted by Gasteiger charge is -2.15. The predicted molar refractivity (Wildman–Crippen MR) is 90.4 cm³/mol. The van der Waals surface area contributed by atoms with Crippen LogP contribution in [-0.4, -0.2) is 19.5 Å². The molecule has 0 aliphatic heterocycles. The highest BCUT2D eigenvalue weighted by molar-refractivity contribution is 6.35. The number of hydrogen-bond acceptors (Lipinski definition) is 3. The van der Waals surface area contributed by atoms with Crippen LogP contribution < -0.4 is 15.2 Å². The van der Waals surface area contributed by atoms with Gasteiger partial charge in [-0.05, 0) is 35.9 Å². The summed E-state index contributed by atoms with van der Waals surface area (Å²) < 4.78 is 46.9. The molecule has 132 valence electrons. The minimum atomic E-state index is -4.85. The van der Waals surface area contributed by atoms with Crippen LogP contribution in [0.15, 0.2) is 36.4 Å². The molecule has 2 aromatic rings. The first-order valence-corrected chi connectivity index (χ1v) is 7.24. The number of nitrogens with two attached hydrogens (primary N) is 1. The summed E-state index contributed by atoms with van der Waals surface area (Å²) in [4.78, 5) is 0. The van der Waals surface area contributed by atoms with Crippen molar-refractivity contribution >= 4 is 35.6 Å². The van der Waals surface area contributed by atoms with Crippen molar-refractivity contribution in [2.75, 3.05) is 13.2 Å². The molecule has 0 spiro atoms. The van der Waals surface area contributed by atoms with E-state index in [4.69, 9.17) is 33.7 Å². The van der Waals surface area contributed by atoms with Crippen molar-refractivity contribution < 1.29 is 22.6 Å². The van der Waals surface area contributed by atoms with Gasteiger partial charge in [-0.25, -0.2) is 0 Å². The van der Waals surface area contributed by atoms with E-state index >= 15 is 0 Å². The molecule has 9 heteroatoms. The maximum Gasteiger partial charge on any atom is 0.573 e. The van der Waals surface area contributed by atoms with Gasteiger partial charge in [0.05, 0.1) is 0 Å². The molecule has 2 N–H and O–H groups in total. The molecule has 24 heavy (non-hydrogen) atoms. The van der Waals surface area contributed by atoms with Crippen molar-refractivity contribution in [2.45, 2.75) is 6.36 Å². The molecule has 2 rings (SSSR count). The zero-order valence-electron chi connectivity index (χ0n) is 12.1. The third kappa shape index (κ3) is 5.63. The third-order valence-corrected chi connectivity index (χ3v) is 3.35. The Hall–Kier alpha value is -1.34. The summed E-state index contributed by atoms with van der Waals surface area (Å²) in [5, 5.41) is 0.758. The molecule has 0 heterocycles. The summed E-state index contributed by atoms with van der Waals surface area (Å²) in [6.45, 7) is 0.221. The molecule has 0 fully saturated rings. The molecule has 0 aliphatic rings. The molecular weight excluding hydrogens is 390 g/mol. The van der Waals surface area contributed by atoms with Crippen molar-refractivity contribution in [3.05, 3.63) is 46.4 Å². The van der Waals surface area contributed by atoms with E-state index in [-0.39, 0.29) is 31.3 Å². The first kappa shape index (κ1) is 20.7. The number of alkyl halides is 3. The van der Waals surface area contributed by atoms with Gasteiger partial charge in [0.2, 0.25) is 0 Å². The Balaban J connectivity index is 0.00000288. The first-order chi connectivity index (χ1) is 10.8. The largest absolute Gasteiger partial charge is 0.573 e. The normalized spacial score (nSPS) is 10.9. The molecule has 0 radical (unpaired) electrons. The van der Waals surface area contributed by atoms with Crippen LogP contribution in [0.2, 0.25) is 10.0 Å². The fraction of sp³-hybridized carbons (Fsp3) is 0.200. The van der Waals surface area contributed by atoms with Gasteiger partial charge in [0.1, 0.15) is 6.61 Å². The van der Waals surface area contributed by atoms with Gasteiger partial charge in [-0.3, -0.25) is 0 Å². The molecule has 0 aliphatic carbocycles. The summed E-state index contributed by atoms with van der Waals surface area (Å²) in [7, 11) is 0. The molecule has 0 amide bonds. The zero-order valence-corrected chi connectivity index (χ0v) is 14.4. The standard InChI is InChI=1S/C15H12Cl2F3NO2.ClH/c16-10-2-3-12(17)11(8-10)9-1-4-13(22-6-5-21)14(7-9)23-15(18,19)20;/h1-4,7-8H,5-6,21H2;1H. The Bertz CT molecular complexity index is 696. The van der Waals surface area contributed by atoms with Crippen LogP contribution in [-0.2, 0) is 0 Å². The highest BCUT2D eigenvalue weighted by Crippen LogP contribution is 2.38. The van der Waals surface area contributed by atoms with E-state index in [0.29, 0.717) is 21.2 Å². The third-order valence-electron chi connectivity index (χ3n) is 2.78. The molecule has 0 aromatic heterocycles. The summed E-state index contributed by atoms with van der Waals surface area (Å²) in [6.07, 6.45) is -4.85. The topological polar surface area (TPSA) is 44.5 Å².